The molecule has 0 saturated carbocycles. The van der Waals surface area contributed by atoms with Gasteiger partial charge in [0, 0.05) is 6.61 Å². The molecule has 0 fully saturated rings. The summed E-state index contributed by atoms with van der Waals surface area (Å²) in [7, 11) is -1.80. The van der Waals surface area contributed by atoms with Gasteiger partial charge in [-0.25, -0.2) is 0 Å². The number of ether oxygens (including phenoxy) is 1. The maximum atomic E-state index is 11.9. The van der Waals surface area contributed by atoms with Crippen LogP contribution in [0, 0.1) is 0 Å². The van der Waals surface area contributed by atoms with Crippen molar-refractivity contribution in [2.75, 3.05) is 19.8 Å². The van der Waals surface area contributed by atoms with Gasteiger partial charge in [-0.3, -0.25) is 0 Å². The maximum Gasteiger partial charge on any atom is 1.00 e. The number of rotatable bonds is 7. The zero-order valence-corrected chi connectivity index (χ0v) is 16.5. The average Bonchev–Trinajstić information content (AvgIpc) is 2.07. The third-order valence-electron chi connectivity index (χ3n) is 3.09. The molecule has 104 valence electrons. The Bertz CT molecular complexity index is 232. The second-order valence-electron chi connectivity index (χ2n) is 5.72. The Kier molecular flexibility index (Phi) is 10.7. The van der Waals surface area contributed by atoms with Crippen LogP contribution in [0.4, 0.5) is 12.9 Å². The predicted octanol–water partition coefficient (Wildman–Crippen LogP) is 0.876. The molecule has 0 aliphatic carbocycles. The summed E-state index contributed by atoms with van der Waals surface area (Å²) in [4.78, 5) is 0. The Morgan fingerprint density at radius 1 is 1.00 bits per heavy atom. The molecule has 0 aromatic carbocycles. The van der Waals surface area contributed by atoms with Gasteiger partial charge in [0.2, 0.25) is 0 Å². The second-order valence-corrected chi connectivity index (χ2v) is 10.5. The van der Waals surface area contributed by atoms with Crippen molar-refractivity contribution in [2.45, 2.75) is 45.2 Å². The van der Waals surface area contributed by atoms with Gasteiger partial charge in [-0.1, -0.05) is 27.1 Å². The Balaban J connectivity index is 0. The van der Waals surface area contributed by atoms with Crippen molar-refractivity contribution >= 4 is 15.3 Å². The number of hydrogen-bond acceptors (Lipinski definition) is 2. The Hall–Kier alpha value is 1.63. The molecule has 0 aliphatic rings. The molecular formula is C10H23BF3KO2Si. The fourth-order valence-corrected chi connectivity index (χ4v) is 1.92. The molecule has 0 rings (SSSR count). The molecule has 0 saturated heterocycles. The van der Waals surface area contributed by atoms with Crippen LogP contribution in [-0.4, -0.2) is 35.1 Å². The van der Waals surface area contributed by atoms with Gasteiger partial charge in [0.05, 0.1) is 13.2 Å². The fraction of sp³-hybridized carbons (Fsp3) is 1.00. The minimum atomic E-state index is -4.72. The zero-order chi connectivity index (χ0) is 13.7. The van der Waals surface area contributed by atoms with E-state index in [-0.39, 0.29) is 69.6 Å². The Labute approximate surface area is 152 Å². The molecule has 0 radical (unpaired) electrons. The van der Waals surface area contributed by atoms with Gasteiger partial charge in [0.25, 0.3) is 0 Å². The first-order chi connectivity index (χ1) is 7.46. The summed E-state index contributed by atoms with van der Waals surface area (Å²) in [5.41, 5.74) is 0. The smallest absolute Gasteiger partial charge is 0.449 e. The quantitative estimate of drug-likeness (QED) is 0.513. The van der Waals surface area contributed by atoms with Gasteiger partial charge in [-0.2, -0.15) is 0 Å². The van der Waals surface area contributed by atoms with Crippen molar-refractivity contribution in [2.24, 2.45) is 0 Å². The summed E-state index contributed by atoms with van der Waals surface area (Å²) < 4.78 is 46.3. The van der Waals surface area contributed by atoms with Crippen LogP contribution in [0.5, 0.6) is 0 Å². The molecule has 18 heavy (non-hydrogen) atoms. The van der Waals surface area contributed by atoms with Crippen molar-refractivity contribution in [3.63, 3.8) is 0 Å². The molecular weight excluding hydrogens is 287 g/mol. The standard InChI is InChI=1S/C10H23BF3O2Si.K/c1-10(2,3)17(4,5)16-9-8-15-7-6-11(12,13)14;/h6-9H2,1-5H3;/q-1;+1. The predicted molar refractivity (Wildman–Crippen MR) is 67.9 cm³/mol. The summed E-state index contributed by atoms with van der Waals surface area (Å²) in [5.74, 6) is 0. The van der Waals surface area contributed by atoms with E-state index in [1.165, 1.54) is 0 Å². The summed E-state index contributed by atoms with van der Waals surface area (Å²) >= 11 is 0. The third kappa shape index (κ3) is 10.4. The van der Waals surface area contributed by atoms with Crippen LogP contribution in [0.1, 0.15) is 20.8 Å². The van der Waals surface area contributed by atoms with E-state index in [0.29, 0.717) is 6.61 Å². The van der Waals surface area contributed by atoms with Crippen molar-refractivity contribution in [1.82, 2.24) is 0 Å². The second kappa shape index (κ2) is 8.81. The normalized spacial score (nSPS) is 13.3. The first-order valence-corrected chi connectivity index (χ1v) is 8.79. The van der Waals surface area contributed by atoms with Crippen molar-refractivity contribution < 1.29 is 73.5 Å². The van der Waals surface area contributed by atoms with Crippen molar-refractivity contribution in [1.29, 1.82) is 0 Å². The van der Waals surface area contributed by atoms with Crippen LogP contribution in [-0.2, 0) is 9.16 Å². The van der Waals surface area contributed by atoms with Crippen LogP contribution in [0.25, 0.3) is 0 Å². The molecule has 0 heterocycles. The van der Waals surface area contributed by atoms with E-state index in [1.54, 1.807) is 0 Å². The van der Waals surface area contributed by atoms with E-state index in [4.69, 9.17) is 9.16 Å². The molecule has 0 atom stereocenters. The zero-order valence-electron chi connectivity index (χ0n) is 12.4. The van der Waals surface area contributed by atoms with E-state index in [0.717, 1.165) is 0 Å². The topological polar surface area (TPSA) is 18.5 Å². The van der Waals surface area contributed by atoms with Crippen LogP contribution in [0.3, 0.4) is 0 Å². The van der Waals surface area contributed by atoms with Crippen LogP contribution in [0.15, 0.2) is 0 Å². The van der Waals surface area contributed by atoms with Gasteiger partial charge < -0.3 is 22.1 Å². The minimum absolute atomic E-state index is 0. The maximum absolute atomic E-state index is 11.9. The molecule has 0 spiro atoms. The van der Waals surface area contributed by atoms with Gasteiger partial charge in [-0.05, 0) is 18.1 Å². The van der Waals surface area contributed by atoms with Crippen molar-refractivity contribution in [3.05, 3.63) is 0 Å². The fourth-order valence-electron chi connectivity index (χ4n) is 0.891. The van der Waals surface area contributed by atoms with E-state index in [9.17, 15) is 12.9 Å². The first-order valence-electron chi connectivity index (χ1n) is 5.88. The van der Waals surface area contributed by atoms with Crippen LogP contribution in [0.2, 0.25) is 24.5 Å². The first kappa shape index (κ1) is 21.9. The Morgan fingerprint density at radius 2 is 1.50 bits per heavy atom. The molecule has 0 N–H and O–H groups in total. The molecule has 0 bridgehead atoms. The average molecular weight is 310 g/mol. The van der Waals surface area contributed by atoms with E-state index in [1.807, 2.05) is 0 Å². The monoisotopic (exact) mass is 310 g/mol. The van der Waals surface area contributed by atoms with Gasteiger partial charge >= 0.3 is 58.4 Å². The summed E-state index contributed by atoms with van der Waals surface area (Å²) in [6.45, 7) is 6.18. The van der Waals surface area contributed by atoms with E-state index < -0.39 is 21.6 Å². The Morgan fingerprint density at radius 3 is 1.89 bits per heavy atom. The molecule has 2 nitrogen and oxygen atoms in total. The minimum Gasteiger partial charge on any atom is -0.449 e. The van der Waals surface area contributed by atoms with Gasteiger partial charge in [0.15, 0.2) is 8.32 Å². The summed E-state index contributed by atoms with van der Waals surface area (Å²) in [6, 6.07) is 0. The van der Waals surface area contributed by atoms with Crippen molar-refractivity contribution in [3.8, 4) is 0 Å². The largest absolute Gasteiger partial charge is 1.00 e. The van der Waals surface area contributed by atoms with Gasteiger partial charge in [0.1, 0.15) is 0 Å². The van der Waals surface area contributed by atoms with Gasteiger partial charge in [-0.15, -0.1) is 0 Å². The van der Waals surface area contributed by atoms with Crippen LogP contribution < -0.4 is 51.4 Å². The third-order valence-corrected chi connectivity index (χ3v) is 7.62. The molecule has 0 aromatic heterocycles. The molecule has 0 aliphatic heterocycles. The summed E-state index contributed by atoms with van der Waals surface area (Å²) in [5, 5.41) is 0.113. The van der Waals surface area contributed by atoms with Crippen LogP contribution >= 0.6 is 0 Å². The molecule has 0 unspecified atom stereocenters. The molecule has 8 heteroatoms. The summed E-state index contributed by atoms with van der Waals surface area (Å²) in [6.07, 6.45) is -0.833. The number of halogens is 3. The molecule has 0 amide bonds. The SMILES string of the molecule is CC(C)(C)[Si](C)(C)OCCOCC[B-](F)(F)F.[K+]. The van der Waals surface area contributed by atoms with E-state index >= 15 is 0 Å². The van der Waals surface area contributed by atoms with E-state index in [2.05, 4.69) is 33.9 Å². The molecule has 0 aromatic rings. The number of hydrogen-bond donors (Lipinski definition) is 0.